The number of aliphatic imine (C=N–C) groups is 1. The number of piperidine rings is 1. The van der Waals surface area contributed by atoms with Crippen molar-refractivity contribution in [2.75, 3.05) is 26.7 Å². The summed E-state index contributed by atoms with van der Waals surface area (Å²) in [7, 11) is 2.25. The number of hydrogen-bond donors (Lipinski definition) is 2. The first kappa shape index (κ1) is 25.9. The highest BCUT2D eigenvalue weighted by Crippen LogP contribution is 2.36. The van der Waals surface area contributed by atoms with Gasteiger partial charge in [-0.15, -0.1) is 35.3 Å². The predicted octanol–water partition coefficient (Wildman–Crippen LogP) is 4.69. The molecule has 2 unspecified atom stereocenters. The van der Waals surface area contributed by atoms with Crippen molar-refractivity contribution in [3.05, 3.63) is 46.3 Å². The van der Waals surface area contributed by atoms with E-state index in [-0.39, 0.29) is 30.1 Å². The van der Waals surface area contributed by atoms with Gasteiger partial charge in [0.25, 0.3) is 0 Å². The third-order valence-electron chi connectivity index (χ3n) is 5.29. The smallest absolute Gasteiger partial charge is 0.213 e. The number of halogens is 1. The lowest BCUT2D eigenvalue weighted by atomic mass is 9.88. The predicted molar refractivity (Wildman–Crippen MR) is 141 cm³/mol. The number of likely N-dealkylation sites (tertiary alicyclic amines) is 1. The van der Waals surface area contributed by atoms with Gasteiger partial charge in [0.1, 0.15) is 0 Å². The number of guanidine groups is 1. The number of nitrogens with zero attached hydrogens (tertiary/aromatic N) is 3. The van der Waals surface area contributed by atoms with Gasteiger partial charge in [-0.3, -0.25) is 4.90 Å². The first-order valence-corrected chi connectivity index (χ1v) is 11.8. The van der Waals surface area contributed by atoms with Crippen molar-refractivity contribution >= 4 is 41.3 Å². The average Bonchev–Trinajstić information content (AvgIpc) is 3.25. The van der Waals surface area contributed by atoms with E-state index in [2.05, 4.69) is 52.0 Å². The van der Waals surface area contributed by atoms with Gasteiger partial charge in [-0.2, -0.15) is 0 Å². The minimum absolute atomic E-state index is 0. The second-order valence-corrected chi connectivity index (χ2v) is 9.07. The molecule has 2 atom stereocenters. The molecule has 2 N–H and O–H groups in total. The minimum atomic E-state index is 0. The Morgan fingerprint density at radius 1 is 1.32 bits per heavy atom. The summed E-state index contributed by atoms with van der Waals surface area (Å²) in [6, 6.07) is 8.84. The molecule has 2 aromatic rings. The third kappa shape index (κ3) is 7.91. The average molecular weight is 558 g/mol. The molecule has 6 nitrogen and oxygen atoms in total. The Morgan fingerprint density at radius 3 is 2.81 bits per heavy atom. The van der Waals surface area contributed by atoms with E-state index in [0.29, 0.717) is 24.4 Å². The molecular formula is C23H36IN5OS. The molecule has 0 spiro atoms. The molecule has 0 saturated carbocycles. The van der Waals surface area contributed by atoms with Crippen LogP contribution in [0.5, 0.6) is 5.88 Å². The maximum atomic E-state index is 5.61. The molecule has 1 fully saturated rings. The van der Waals surface area contributed by atoms with E-state index in [4.69, 9.17) is 9.73 Å². The molecule has 3 heterocycles. The van der Waals surface area contributed by atoms with E-state index >= 15 is 0 Å². The molecule has 172 valence electrons. The molecule has 8 heteroatoms. The molecule has 0 aromatic carbocycles. The topological polar surface area (TPSA) is 61.8 Å². The van der Waals surface area contributed by atoms with E-state index in [1.165, 1.54) is 17.7 Å². The van der Waals surface area contributed by atoms with E-state index in [0.717, 1.165) is 31.2 Å². The summed E-state index contributed by atoms with van der Waals surface area (Å²) in [6.45, 7) is 9.60. The molecule has 2 aromatic heterocycles. The highest BCUT2D eigenvalue weighted by Gasteiger charge is 2.31. The zero-order valence-corrected chi connectivity index (χ0v) is 22.2. The molecule has 0 amide bonds. The highest BCUT2D eigenvalue weighted by molar-refractivity contribution is 14.0. The Kier molecular flexibility index (Phi) is 11.0. The fourth-order valence-corrected chi connectivity index (χ4v) is 4.92. The number of hydrogen-bond acceptors (Lipinski definition) is 5. The standard InChI is InChI=1S/C23H35N5OS.HI/c1-5-24-23(26-15-18-10-11-21(25-14-18)29-17(2)3)27-16-19-8-6-12-28(4)22(19)20-9-7-13-30-20;/h7,9-11,13-14,17,19,22H,5-6,8,12,15-16H2,1-4H3,(H2,24,26,27);1H. The van der Waals surface area contributed by atoms with Crippen molar-refractivity contribution in [3.63, 3.8) is 0 Å². The Bertz CT molecular complexity index is 782. The van der Waals surface area contributed by atoms with Gasteiger partial charge in [0.05, 0.1) is 12.6 Å². The van der Waals surface area contributed by atoms with Gasteiger partial charge in [-0.1, -0.05) is 12.1 Å². The molecular weight excluding hydrogens is 521 g/mol. The summed E-state index contributed by atoms with van der Waals surface area (Å²) in [5.41, 5.74) is 1.07. The molecule has 3 rings (SSSR count). The Labute approximate surface area is 207 Å². The van der Waals surface area contributed by atoms with Crippen LogP contribution in [0.1, 0.15) is 50.1 Å². The van der Waals surface area contributed by atoms with Gasteiger partial charge >= 0.3 is 0 Å². The van der Waals surface area contributed by atoms with E-state index in [9.17, 15) is 0 Å². The van der Waals surface area contributed by atoms with Crippen LogP contribution in [0.4, 0.5) is 0 Å². The first-order valence-electron chi connectivity index (χ1n) is 10.9. The fourth-order valence-electron chi connectivity index (χ4n) is 3.94. The van der Waals surface area contributed by atoms with Crippen LogP contribution in [0.2, 0.25) is 0 Å². The number of thiophene rings is 1. The first-order chi connectivity index (χ1) is 14.6. The summed E-state index contributed by atoms with van der Waals surface area (Å²) < 4.78 is 5.61. The van der Waals surface area contributed by atoms with Crippen LogP contribution < -0.4 is 15.4 Å². The van der Waals surface area contributed by atoms with Crippen molar-refractivity contribution in [2.24, 2.45) is 10.9 Å². The summed E-state index contributed by atoms with van der Waals surface area (Å²) in [5, 5.41) is 9.14. The van der Waals surface area contributed by atoms with Crippen molar-refractivity contribution in [1.82, 2.24) is 20.5 Å². The van der Waals surface area contributed by atoms with Crippen LogP contribution in [0.15, 0.2) is 40.8 Å². The second-order valence-electron chi connectivity index (χ2n) is 8.09. The van der Waals surface area contributed by atoms with Gasteiger partial charge in [-0.25, -0.2) is 9.98 Å². The van der Waals surface area contributed by atoms with Crippen LogP contribution in [-0.4, -0.2) is 48.6 Å². The zero-order chi connectivity index (χ0) is 21.3. The van der Waals surface area contributed by atoms with Crippen molar-refractivity contribution in [3.8, 4) is 5.88 Å². The highest BCUT2D eigenvalue weighted by atomic mass is 127. The van der Waals surface area contributed by atoms with Gasteiger partial charge in [0.15, 0.2) is 5.96 Å². The molecule has 0 aliphatic carbocycles. The fraction of sp³-hybridized carbons (Fsp3) is 0.565. The van der Waals surface area contributed by atoms with Crippen LogP contribution >= 0.6 is 35.3 Å². The maximum absolute atomic E-state index is 5.61. The van der Waals surface area contributed by atoms with E-state index in [1.54, 1.807) is 0 Å². The van der Waals surface area contributed by atoms with Crippen molar-refractivity contribution < 1.29 is 4.74 Å². The van der Waals surface area contributed by atoms with E-state index < -0.39 is 0 Å². The zero-order valence-electron chi connectivity index (χ0n) is 19.0. The Balaban J connectivity index is 0.00000341. The number of pyridine rings is 1. The second kappa shape index (κ2) is 13.2. The summed E-state index contributed by atoms with van der Waals surface area (Å²) in [4.78, 5) is 13.1. The number of aromatic nitrogens is 1. The van der Waals surface area contributed by atoms with Crippen LogP contribution in [-0.2, 0) is 6.54 Å². The lowest BCUT2D eigenvalue weighted by molar-refractivity contribution is 0.125. The largest absolute Gasteiger partial charge is 0.475 e. The minimum Gasteiger partial charge on any atom is -0.475 e. The van der Waals surface area contributed by atoms with Gasteiger partial charge in [0, 0.05) is 36.3 Å². The van der Waals surface area contributed by atoms with E-state index in [1.807, 2.05) is 43.5 Å². The van der Waals surface area contributed by atoms with Crippen LogP contribution in [0.3, 0.4) is 0 Å². The molecule has 1 aliphatic heterocycles. The quantitative estimate of drug-likeness (QED) is 0.280. The summed E-state index contributed by atoms with van der Waals surface area (Å²) >= 11 is 1.86. The van der Waals surface area contributed by atoms with Gasteiger partial charge < -0.3 is 15.4 Å². The molecule has 0 bridgehead atoms. The maximum Gasteiger partial charge on any atom is 0.213 e. The molecule has 31 heavy (non-hydrogen) atoms. The Morgan fingerprint density at radius 2 is 2.16 bits per heavy atom. The van der Waals surface area contributed by atoms with Gasteiger partial charge in [-0.05, 0) is 70.1 Å². The number of ether oxygens (including phenoxy) is 1. The third-order valence-corrected chi connectivity index (χ3v) is 6.23. The summed E-state index contributed by atoms with van der Waals surface area (Å²) in [5.74, 6) is 2.09. The molecule has 0 radical (unpaired) electrons. The van der Waals surface area contributed by atoms with Gasteiger partial charge in [0.2, 0.25) is 5.88 Å². The summed E-state index contributed by atoms with van der Waals surface area (Å²) in [6.07, 6.45) is 4.45. The Hall–Kier alpha value is -1.39. The van der Waals surface area contributed by atoms with Crippen LogP contribution in [0.25, 0.3) is 0 Å². The van der Waals surface area contributed by atoms with Crippen molar-refractivity contribution in [2.45, 2.75) is 52.3 Å². The molecule has 1 aliphatic rings. The monoisotopic (exact) mass is 557 g/mol. The number of nitrogens with one attached hydrogen (secondary N) is 2. The SMILES string of the molecule is CCNC(=NCc1ccc(OC(C)C)nc1)NCC1CCCN(C)C1c1cccs1.I. The van der Waals surface area contributed by atoms with Crippen molar-refractivity contribution in [1.29, 1.82) is 0 Å². The molecule has 1 saturated heterocycles. The normalized spacial score (nSPS) is 19.7. The lowest BCUT2D eigenvalue weighted by Gasteiger charge is -2.39. The number of rotatable bonds is 8. The lowest BCUT2D eigenvalue weighted by Crippen LogP contribution is -2.44. The van der Waals surface area contributed by atoms with Crippen LogP contribution in [0, 0.1) is 5.92 Å².